The second-order valence-corrected chi connectivity index (χ2v) is 16.3. The first-order valence-electron chi connectivity index (χ1n) is 23.0. The van der Waals surface area contributed by atoms with Crippen LogP contribution in [0.4, 0.5) is 0 Å². The first-order chi connectivity index (χ1) is 24.2. The number of carbonyl (C=O) groups excluding carboxylic acids is 2. The van der Waals surface area contributed by atoms with E-state index in [4.69, 9.17) is 4.74 Å². The Balaban J connectivity index is 1.87. The number of unbranched alkanes of at least 4 members (excludes halogenated alkanes) is 36. The van der Waals surface area contributed by atoms with Gasteiger partial charge in [-0.25, -0.2) is 0 Å². The Kier molecular flexibility index (Phi) is 34.8. The second-order valence-electron chi connectivity index (χ2n) is 16.3. The predicted molar refractivity (Wildman–Crippen MR) is 214 cm³/mol. The van der Waals surface area contributed by atoms with Crippen molar-refractivity contribution in [3.8, 4) is 0 Å². The summed E-state index contributed by atoms with van der Waals surface area (Å²) in [5.74, 6) is -0.826. The van der Waals surface area contributed by atoms with Crippen molar-refractivity contribution in [2.75, 3.05) is 0 Å². The normalized spacial score (nSPS) is 16.2. The number of carbonyl (C=O) groups is 2. The lowest BCUT2D eigenvalue weighted by molar-refractivity contribution is -0.153. The fourth-order valence-electron chi connectivity index (χ4n) is 8.10. The quantitative estimate of drug-likeness (QED) is 0.0366. The molecule has 2 atom stereocenters. The third kappa shape index (κ3) is 29.4. The van der Waals surface area contributed by atoms with Gasteiger partial charge in [-0.1, -0.05) is 258 Å². The Hall–Kier alpha value is -0.860. The van der Waals surface area contributed by atoms with Gasteiger partial charge in [0.25, 0.3) is 0 Å². The maximum absolute atomic E-state index is 12.4. The smallest absolute Gasteiger partial charge is 0.317 e. The van der Waals surface area contributed by atoms with Gasteiger partial charge in [-0.05, 0) is 12.8 Å². The van der Waals surface area contributed by atoms with Gasteiger partial charge in [0.05, 0.1) is 11.8 Å². The van der Waals surface area contributed by atoms with E-state index in [0.717, 1.165) is 25.7 Å². The van der Waals surface area contributed by atoms with Gasteiger partial charge < -0.3 is 4.74 Å². The van der Waals surface area contributed by atoms with E-state index in [1.807, 2.05) is 0 Å². The average molecular weight is 689 g/mol. The van der Waals surface area contributed by atoms with Crippen LogP contribution in [0.3, 0.4) is 0 Å². The van der Waals surface area contributed by atoms with Crippen LogP contribution >= 0.6 is 0 Å². The monoisotopic (exact) mass is 689 g/mol. The summed E-state index contributed by atoms with van der Waals surface area (Å²) in [5.41, 5.74) is 0. The van der Waals surface area contributed by atoms with E-state index in [1.54, 1.807) is 0 Å². The van der Waals surface area contributed by atoms with E-state index in [0.29, 0.717) is 0 Å². The van der Waals surface area contributed by atoms with Gasteiger partial charge >= 0.3 is 11.9 Å². The molecule has 0 spiro atoms. The zero-order valence-corrected chi connectivity index (χ0v) is 33.7. The summed E-state index contributed by atoms with van der Waals surface area (Å²) in [7, 11) is 0. The second kappa shape index (κ2) is 36.9. The highest BCUT2D eigenvalue weighted by molar-refractivity contribution is 5.96. The number of ether oxygens (including phenoxy) is 1. The van der Waals surface area contributed by atoms with Gasteiger partial charge in [0.1, 0.15) is 0 Å². The van der Waals surface area contributed by atoms with Gasteiger partial charge in [-0.3, -0.25) is 9.59 Å². The molecule has 49 heavy (non-hydrogen) atoms. The highest BCUT2D eigenvalue weighted by atomic mass is 16.6. The molecule has 0 saturated carbocycles. The van der Waals surface area contributed by atoms with Crippen molar-refractivity contribution < 1.29 is 14.3 Å². The van der Waals surface area contributed by atoms with E-state index in [-0.39, 0.29) is 23.8 Å². The van der Waals surface area contributed by atoms with Crippen LogP contribution in [0.25, 0.3) is 0 Å². The van der Waals surface area contributed by atoms with Gasteiger partial charge in [-0.2, -0.15) is 0 Å². The average Bonchev–Trinajstić information content (AvgIpc) is 3.37. The van der Waals surface area contributed by atoms with E-state index in [2.05, 4.69) is 13.8 Å². The summed E-state index contributed by atoms with van der Waals surface area (Å²) >= 11 is 0. The summed E-state index contributed by atoms with van der Waals surface area (Å²) in [4.78, 5) is 24.8. The summed E-state index contributed by atoms with van der Waals surface area (Å²) in [6.07, 6.45) is 53.9. The molecule has 0 aliphatic carbocycles. The van der Waals surface area contributed by atoms with Gasteiger partial charge in [0, 0.05) is 0 Å². The number of esters is 2. The topological polar surface area (TPSA) is 43.4 Å². The predicted octanol–water partition coefficient (Wildman–Crippen LogP) is 15.9. The van der Waals surface area contributed by atoms with Crippen LogP contribution in [0.5, 0.6) is 0 Å². The molecule has 1 aliphatic rings. The van der Waals surface area contributed by atoms with Crippen LogP contribution in [0, 0.1) is 11.8 Å². The van der Waals surface area contributed by atoms with Crippen molar-refractivity contribution in [3.63, 3.8) is 0 Å². The van der Waals surface area contributed by atoms with Crippen molar-refractivity contribution in [2.45, 2.75) is 271 Å². The Labute approximate surface area is 308 Å². The van der Waals surface area contributed by atoms with Crippen LogP contribution in [0.1, 0.15) is 271 Å². The highest BCUT2D eigenvalue weighted by Gasteiger charge is 2.42. The molecule has 290 valence electrons. The molecule has 1 rings (SSSR count). The van der Waals surface area contributed by atoms with Crippen molar-refractivity contribution in [3.05, 3.63) is 0 Å². The molecule has 0 aromatic rings. The van der Waals surface area contributed by atoms with Crippen LogP contribution in [-0.2, 0) is 14.3 Å². The minimum Gasteiger partial charge on any atom is -0.393 e. The fourth-order valence-corrected chi connectivity index (χ4v) is 8.10. The Bertz CT molecular complexity index is 644. The fraction of sp³-hybridized carbons (Fsp3) is 0.957. The summed E-state index contributed by atoms with van der Waals surface area (Å²) in [6.45, 7) is 4.59. The minimum absolute atomic E-state index is 0.172. The SMILES string of the molecule is CCCCCCCCCCCCCCCCCCCCCC1C(=O)OC(=O)C1CCCCCCCCCCCCCCCCCCCCC. The van der Waals surface area contributed by atoms with Crippen molar-refractivity contribution >= 4 is 11.9 Å². The van der Waals surface area contributed by atoms with E-state index >= 15 is 0 Å². The molecule has 0 bridgehead atoms. The molecule has 0 aromatic heterocycles. The standard InChI is InChI=1S/C46H88O3/c1-3-5-7-9-11-13-15-17-19-21-23-25-27-29-31-33-35-37-39-41-43-44(46(48)49-45(43)47)42-40-38-36-34-32-30-28-26-24-22-20-18-16-14-12-10-8-6-4-2/h43-44H,3-42H2,1-2H3. The molecule has 1 fully saturated rings. The van der Waals surface area contributed by atoms with Crippen molar-refractivity contribution in [1.29, 1.82) is 0 Å². The Morgan fingerprint density at radius 1 is 0.286 bits per heavy atom. The van der Waals surface area contributed by atoms with Crippen LogP contribution < -0.4 is 0 Å². The maximum atomic E-state index is 12.4. The lowest BCUT2D eigenvalue weighted by atomic mass is 9.86. The zero-order valence-electron chi connectivity index (χ0n) is 33.7. The summed E-state index contributed by atoms with van der Waals surface area (Å²) < 4.78 is 5.09. The van der Waals surface area contributed by atoms with Gasteiger partial charge in [-0.15, -0.1) is 0 Å². The molecule has 3 heteroatoms. The molecule has 0 aromatic carbocycles. The Morgan fingerprint density at radius 2 is 0.449 bits per heavy atom. The molecule has 0 N–H and O–H groups in total. The van der Waals surface area contributed by atoms with Crippen LogP contribution in [0.2, 0.25) is 0 Å². The molecular weight excluding hydrogens is 601 g/mol. The molecule has 0 amide bonds. The molecule has 1 saturated heterocycles. The Morgan fingerprint density at radius 3 is 0.633 bits per heavy atom. The van der Waals surface area contributed by atoms with Crippen molar-refractivity contribution in [1.82, 2.24) is 0 Å². The minimum atomic E-state index is -0.241. The van der Waals surface area contributed by atoms with Gasteiger partial charge in [0.15, 0.2) is 0 Å². The van der Waals surface area contributed by atoms with E-state index in [9.17, 15) is 9.59 Å². The van der Waals surface area contributed by atoms with E-state index < -0.39 is 0 Å². The highest BCUT2D eigenvalue weighted by Crippen LogP contribution is 2.33. The molecular formula is C46H88O3. The molecule has 1 aliphatic heterocycles. The largest absolute Gasteiger partial charge is 0.393 e. The first kappa shape index (κ1) is 46.2. The molecule has 1 heterocycles. The number of hydrogen-bond acceptors (Lipinski definition) is 3. The summed E-state index contributed by atoms with van der Waals surface area (Å²) in [6, 6.07) is 0. The lowest BCUT2D eigenvalue weighted by Crippen LogP contribution is -2.18. The zero-order chi connectivity index (χ0) is 35.3. The molecule has 0 radical (unpaired) electrons. The third-order valence-electron chi connectivity index (χ3n) is 11.5. The number of hydrogen-bond donors (Lipinski definition) is 0. The first-order valence-corrected chi connectivity index (χ1v) is 23.0. The number of cyclic esters (lactones) is 2. The van der Waals surface area contributed by atoms with Crippen LogP contribution in [-0.4, -0.2) is 11.9 Å². The van der Waals surface area contributed by atoms with Gasteiger partial charge in [0.2, 0.25) is 0 Å². The van der Waals surface area contributed by atoms with E-state index in [1.165, 1.54) is 231 Å². The lowest BCUT2D eigenvalue weighted by Gasteiger charge is -2.13. The third-order valence-corrected chi connectivity index (χ3v) is 11.5. The molecule has 2 unspecified atom stereocenters. The number of rotatable bonds is 40. The summed E-state index contributed by atoms with van der Waals surface area (Å²) in [5, 5.41) is 0. The maximum Gasteiger partial charge on any atom is 0.317 e. The van der Waals surface area contributed by atoms with Crippen molar-refractivity contribution in [2.24, 2.45) is 11.8 Å². The molecule has 3 nitrogen and oxygen atoms in total. The van der Waals surface area contributed by atoms with Crippen LogP contribution in [0.15, 0.2) is 0 Å².